The van der Waals surface area contributed by atoms with Gasteiger partial charge in [0.2, 0.25) is 5.88 Å². The fraction of sp³-hybridized carbons (Fsp3) is 0.273. The third-order valence-electron chi connectivity index (χ3n) is 2.10. The van der Waals surface area contributed by atoms with Crippen LogP contribution in [0.4, 0.5) is 5.69 Å². The lowest BCUT2D eigenvalue weighted by Crippen LogP contribution is -2.04. The second-order valence-electron chi connectivity index (χ2n) is 3.46. The van der Waals surface area contributed by atoms with Gasteiger partial charge in [0.1, 0.15) is 0 Å². The summed E-state index contributed by atoms with van der Waals surface area (Å²) in [6, 6.07) is 3.58. The van der Waals surface area contributed by atoms with Crippen molar-refractivity contribution in [3.63, 3.8) is 0 Å². The summed E-state index contributed by atoms with van der Waals surface area (Å²) in [5.74, 6) is 1.15. The summed E-state index contributed by atoms with van der Waals surface area (Å²) in [6.45, 7) is 4.41. The summed E-state index contributed by atoms with van der Waals surface area (Å²) in [4.78, 5) is 4.30. The molecule has 16 heavy (non-hydrogen) atoms. The first-order valence-electron chi connectivity index (χ1n) is 5.11. The van der Waals surface area contributed by atoms with Crippen molar-refractivity contribution >= 4 is 5.69 Å². The summed E-state index contributed by atoms with van der Waals surface area (Å²) in [5, 5.41) is 4.17. The van der Waals surface area contributed by atoms with E-state index in [0.717, 1.165) is 5.56 Å². The van der Waals surface area contributed by atoms with Crippen molar-refractivity contribution in [2.75, 3.05) is 12.3 Å². The van der Waals surface area contributed by atoms with E-state index in [1.165, 1.54) is 0 Å². The van der Waals surface area contributed by atoms with Gasteiger partial charge in [-0.25, -0.2) is 4.68 Å². The summed E-state index contributed by atoms with van der Waals surface area (Å²) in [6.07, 6.45) is 3.67. The van der Waals surface area contributed by atoms with Gasteiger partial charge in [-0.15, -0.1) is 0 Å². The summed E-state index contributed by atoms with van der Waals surface area (Å²) < 4.78 is 7.02. The zero-order chi connectivity index (χ0) is 11.5. The summed E-state index contributed by atoms with van der Waals surface area (Å²) in [7, 11) is 0. The second-order valence-corrected chi connectivity index (χ2v) is 3.46. The van der Waals surface area contributed by atoms with Crippen LogP contribution in [-0.4, -0.2) is 21.4 Å². The number of pyridine rings is 1. The molecule has 2 N–H and O–H groups in total. The minimum atomic E-state index is 0.452. The number of ether oxygens (including phenoxy) is 1. The molecule has 0 fully saturated rings. The summed E-state index contributed by atoms with van der Waals surface area (Å²) in [5.41, 5.74) is 7.36. The molecule has 0 unspecified atom stereocenters. The average molecular weight is 218 g/mol. The Bertz CT molecular complexity index is 492. The van der Waals surface area contributed by atoms with Crippen LogP contribution in [0.5, 0.6) is 5.88 Å². The van der Waals surface area contributed by atoms with E-state index in [1.54, 1.807) is 16.9 Å². The Morgan fingerprint density at radius 2 is 2.25 bits per heavy atom. The van der Waals surface area contributed by atoms with Gasteiger partial charge < -0.3 is 10.5 Å². The van der Waals surface area contributed by atoms with Crippen LogP contribution in [-0.2, 0) is 0 Å². The average Bonchev–Trinajstić information content (AvgIpc) is 2.69. The van der Waals surface area contributed by atoms with E-state index in [2.05, 4.69) is 10.1 Å². The van der Waals surface area contributed by atoms with E-state index in [-0.39, 0.29) is 0 Å². The SMILES string of the molecule is CCOc1nc(-n2cc(C)cn2)ccc1N. The van der Waals surface area contributed by atoms with Gasteiger partial charge in [-0.2, -0.15) is 10.1 Å². The highest BCUT2D eigenvalue weighted by Gasteiger charge is 2.05. The standard InChI is InChI=1S/C11H14N4O/c1-3-16-11-9(12)4-5-10(14-11)15-7-8(2)6-13-15/h4-7H,3,12H2,1-2H3. The lowest BCUT2D eigenvalue weighted by atomic mass is 10.4. The fourth-order valence-corrected chi connectivity index (χ4v) is 1.36. The predicted molar refractivity (Wildman–Crippen MR) is 61.7 cm³/mol. The van der Waals surface area contributed by atoms with E-state index < -0.39 is 0 Å². The third-order valence-corrected chi connectivity index (χ3v) is 2.10. The lowest BCUT2D eigenvalue weighted by Gasteiger charge is -2.07. The van der Waals surface area contributed by atoms with Crippen LogP contribution in [0.1, 0.15) is 12.5 Å². The molecule has 0 spiro atoms. The molecule has 2 aromatic heterocycles. The number of nitrogen functional groups attached to an aromatic ring is 1. The number of rotatable bonds is 3. The number of anilines is 1. The molecule has 0 aliphatic rings. The Morgan fingerprint density at radius 1 is 1.44 bits per heavy atom. The Balaban J connectivity index is 2.39. The van der Waals surface area contributed by atoms with Crippen LogP contribution < -0.4 is 10.5 Å². The lowest BCUT2D eigenvalue weighted by molar-refractivity contribution is 0.328. The van der Waals surface area contributed by atoms with Crippen molar-refractivity contribution in [2.45, 2.75) is 13.8 Å². The van der Waals surface area contributed by atoms with Gasteiger partial charge in [0.25, 0.3) is 0 Å². The minimum absolute atomic E-state index is 0.452. The van der Waals surface area contributed by atoms with E-state index in [4.69, 9.17) is 10.5 Å². The molecule has 2 aromatic rings. The molecule has 0 saturated carbocycles. The number of nitrogens with zero attached hydrogens (tertiary/aromatic N) is 3. The van der Waals surface area contributed by atoms with Gasteiger partial charge in [-0.1, -0.05) is 0 Å². The maximum Gasteiger partial charge on any atom is 0.239 e. The molecular weight excluding hydrogens is 204 g/mol. The molecule has 5 nitrogen and oxygen atoms in total. The summed E-state index contributed by atoms with van der Waals surface area (Å²) >= 11 is 0. The van der Waals surface area contributed by atoms with Gasteiger partial charge in [-0.3, -0.25) is 0 Å². The topological polar surface area (TPSA) is 66.0 Å². The molecule has 84 valence electrons. The van der Waals surface area contributed by atoms with Crippen LogP contribution in [0, 0.1) is 6.92 Å². The monoisotopic (exact) mass is 218 g/mol. The molecule has 0 radical (unpaired) electrons. The van der Waals surface area contributed by atoms with Crippen molar-refractivity contribution in [1.29, 1.82) is 0 Å². The molecule has 0 atom stereocenters. The first-order valence-corrected chi connectivity index (χ1v) is 5.11. The largest absolute Gasteiger partial charge is 0.476 e. The minimum Gasteiger partial charge on any atom is -0.476 e. The Morgan fingerprint density at radius 3 is 2.88 bits per heavy atom. The van der Waals surface area contributed by atoms with E-state index >= 15 is 0 Å². The molecule has 0 aliphatic heterocycles. The van der Waals surface area contributed by atoms with Crippen molar-refractivity contribution in [3.05, 3.63) is 30.1 Å². The first-order chi connectivity index (χ1) is 7.70. The Labute approximate surface area is 93.9 Å². The fourth-order valence-electron chi connectivity index (χ4n) is 1.36. The highest BCUT2D eigenvalue weighted by Crippen LogP contribution is 2.20. The van der Waals surface area contributed by atoms with Crippen LogP contribution in [0.3, 0.4) is 0 Å². The number of hydrogen-bond donors (Lipinski definition) is 1. The molecule has 0 amide bonds. The third kappa shape index (κ3) is 1.98. The van der Waals surface area contributed by atoms with Crippen LogP contribution >= 0.6 is 0 Å². The molecule has 2 rings (SSSR count). The highest BCUT2D eigenvalue weighted by atomic mass is 16.5. The quantitative estimate of drug-likeness (QED) is 0.849. The molecule has 5 heteroatoms. The Kier molecular flexibility index (Phi) is 2.76. The number of aromatic nitrogens is 3. The number of nitrogens with two attached hydrogens (primary N) is 1. The van der Waals surface area contributed by atoms with Gasteiger partial charge in [0.15, 0.2) is 5.82 Å². The van der Waals surface area contributed by atoms with Gasteiger partial charge in [-0.05, 0) is 31.5 Å². The maximum atomic E-state index is 5.74. The zero-order valence-electron chi connectivity index (χ0n) is 9.34. The Hall–Kier alpha value is -2.04. The van der Waals surface area contributed by atoms with E-state index in [0.29, 0.717) is 24.0 Å². The first kappa shape index (κ1) is 10.5. The molecule has 0 aliphatic carbocycles. The van der Waals surface area contributed by atoms with Gasteiger partial charge in [0.05, 0.1) is 18.5 Å². The number of aryl methyl sites for hydroxylation is 1. The van der Waals surface area contributed by atoms with Gasteiger partial charge >= 0.3 is 0 Å². The maximum absolute atomic E-state index is 5.74. The molecule has 0 aromatic carbocycles. The number of hydrogen-bond acceptors (Lipinski definition) is 4. The molecule has 0 bridgehead atoms. The van der Waals surface area contributed by atoms with Crippen molar-refractivity contribution in [3.8, 4) is 11.7 Å². The van der Waals surface area contributed by atoms with E-state index in [9.17, 15) is 0 Å². The molecule has 2 heterocycles. The molecular formula is C11H14N4O. The second kappa shape index (κ2) is 4.22. The van der Waals surface area contributed by atoms with E-state index in [1.807, 2.05) is 26.1 Å². The smallest absolute Gasteiger partial charge is 0.239 e. The predicted octanol–water partition coefficient (Wildman–Crippen LogP) is 1.56. The van der Waals surface area contributed by atoms with Crippen LogP contribution in [0.2, 0.25) is 0 Å². The van der Waals surface area contributed by atoms with Gasteiger partial charge in [0, 0.05) is 6.20 Å². The van der Waals surface area contributed by atoms with Crippen molar-refractivity contribution < 1.29 is 4.74 Å². The normalized spacial score (nSPS) is 10.4. The zero-order valence-corrected chi connectivity index (χ0v) is 9.34. The van der Waals surface area contributed by atoms with Crippen molar-refractivity contribution in [2.24, 2.45) is 0 Å². The van der Waals surface area contributed by atoms with Crippen LogP contribution in [0.25, 0.3) is 5.82 Å². The molecule has 0 saturated heterocycles. The highest BCUT2D eigenvalue weighted by molar-refractivity contribution is 5.50. The van der Waals surface area contributed by atoms with Crippen LogP contribution in [0.15, 0.2) is 24.5 Å². The van der Waals surface area contributed by atoms with Crippen molar-refractivity contribution in [1.82, 2.24) is 14.8 Å².